The maximum atomic E-state index is 14.9. The van der Waals surface area contributed by atoms with E-state index in [0.717, 1.165) is 0 Å². The zero-order chi connectivity index (χ0) is 22.1. The molecule has 1 aliphatic rings. The summed E-state index contributed by atoms with van der Waals surface area (Å²) in [6, 6.07) is 1.36. The molecule has 0 saturated carbocycles. The summed E-state index contributed by atoms with van der Waals surface area (Å²) >= 11 is 6.22. The molecule has 30 heavy (non-hydrogen) atoms. The molecule has 0 aromatic carbocycles. The molecule has 15 heteroatoms. The fourth-order valence-corrected chi connectivity index (χ4v) is 7.52. The van der Waals surface area contributed by atoms with Gasteiger partial charge in [-0.15, -0.1) is 0 Å². The minimum absolute atomic E-state index is 0.0264. The second kappa shape index (κ2) is 6.86. The van der Waals surface area contributed by atoms with Crippen LogP contribution in [0.15, 0.2) is 29.7 Å². The Hall–Kier alpha value is -1.78. The van der Waals surface area contributed by atoms with E-state index < -0.39 is 20.7 Å². The average Bonchev–Trinajstić information content (AvgIpc) is 3.18. The maximum Gasteiger partial charge on any atom is 0.246 e. The molecular weight excluding hydrogens is 426 g/mol. The quantitative estimate of drug-likeness (QED) is 0.422. The molecule has 0 N–H and O–H groups in total. The van der Waals surface area contributed by atoms with E-state index >= 15 is 0 Å². The monoisotopic (exact) mass is 446 g/mol. The number of sulfonamides is 1. The molecule has 0 atom stereocenters. The fraction of sp³-hybridized carbons (Fsp3) is 0.400. The number of piperidine rings is 1. The Bertz CT molecular complexity index is 1230. The SMILES string of the molecule is BC1(B)CC(c2cn3ncnc3cc2F)CC(B)(B)N1S(=O)(=O)c1cnn(C)c1Cl. The van der Waals surface area contributed by atoms with Gasteiger partial charge in [0.05, 0.1) is 6.20 Å². The van der Waals surface area contributed by atoms with Crippen molar-refractivity contribution in [2.45, 2.75) is 34.3 Å². The van der Waals surface area contributed by atoms with Gasteiger partial charge < -0.3 is 0 Å². The molecule has 0 spiro atoms. The molecule has 1 fully saturated rings. The van der Waals surface area contributed by atoms with Crippen LogP contribution in [0.2, 0.25) is 5.15 Å². The van der Waals surface area contributed by atoms with Gasteiger partial charge in [-0.3, -0.25) is 4.68 Å². The third-order valence-corrected chi connectivity index (χ3v) is 8.66. The Morgan fingerprint density at radius 1 is 1.20 bits per heavy atom. The van der Waals surface area contributed by atoms with Crippen LogP contribution in [0.25, 0.3) is 5.65 Å². The molecule has 3 aromatic rings. The van der Waals surface area contributed by atoms with E-state index in [0.29, 0.717) is 24.1 Å². The number of hydrogen-bond acceptors (Lipinski definition) is 5. The van der Waals surface area contributed by atoms with Crippen molar-refractivity contribution in [2.75, 3.05) is 0 Å². The standard InChI is InChI=1S/C15H20B4ClFN6O2S/c1-25-13(20)11(5-23-25)30(28,29)27-14(16,17)3-8(4-15(27,18)19)9-6-26-12(2-10(9)21)22-7-24-26/h2,5-8H,3-4,16-19H2,1H3. The molecule has 0 radical (unpaired) electrons. The summed E-state index contributed by atoms with van der Waals surface area (Å²) < 4.78 is 46.4. The van der Waals surface area contributed by atoms with Crippen LogP contribution in [-0.2, 0) is 17.1 Å². The van der Waals surface area contributed by atoms with Crippen LogP contribution >= 0.6 is 11.6 Å². The number of nitrogens with zero attached hydrogens (tertiary/aromatic N) is 6. The smallest absolute Gasteiger partial charge is 0.246 e. The van der Waals surface area contributed by atoms with E-state index in [1.165, 1.54) is 32.1 Å². The van der Waals surface area contributed by atoms with Gasteiger partial charge in [-0.1, -0.05) is 11.6 Å². The van der Waals surface area contributed by atoms with Crippen LogP contribution in [0.3, 0.4) is 0 Å². The van der Waals surface area contributed by atoms with Gasteiger partial charge in [0.1, 0.15) is 53.6 Å². The minimum Gasteiger partial charge on any atom is -0.256 e. The van der Waals surface area contributed by atoms with E-state index in [2.05, 4.69) is 15.2 Å². The molecule has 0 unspecified atom stereocenters. The number of aryl methyl sites for hydroxylation is 1. The normalized spacial score (nSPS) is 20.0. The summed E-state index contributed by atoms with van der Waals surface area (Å²) in [5.41, 5.74) is 0.937. The highest BCUT2D eigenvalue weighted by molar-refractivity contribution is 7.89. The Kier molecular flexibility index (Phi) is 4.91. The predicted octanol–water partition coefficient (Wildman–Crippen LogP) is -2.34. The predicted molar refractivity (Wildman–Crippen MR) is 122 cm³/mol. The third-order valence-electron chi connectivity index (χ3n) is 5.78. The zero-order valence-electron chi connectivity index (χ0n) is 17.5. The molecule has 8 nitrogen and oxygen atoms in total. The topological polar surface area (TPSA) is 85.4 Å². The molecule has 0 aliphatic carbocycles. The Morgan fingerprint density at radius 3 is 2.40 bits per heavy atom. The van der Waals surface area contributed by atoms with Crippen LogP contribution in [0.5, 0.6) is 0 Å². The van der Waals surface area contributed by atoms with Crippen molar-refractivity contribution in [3.05, 3.63) is 41.3 Å². The first kappa shape index (κ1) is 21.5. The van der Waals surface area contributed by atoms with Crippen molar-refractivity contribution < 1.29 is 12.8 Å². The number of fused-ring (bicyclic) bond motifs is 1. The highest BCUT2D eigenvalue weighted by Crippen LogP contribution is 2.45. The molecule has 3 aromatic heterocycles. The molecule has 4 heterocycles. The van der Waals surface area contributed by atoms with Gasteiger partial charge in [-0.2, -0.15) is 10.2 Å². The Morgan fingerprint density at radius 2 is 1.83 bits per heavy atom. The number of aromatic nitrogens is 5. The number of halogens is 2. The van der Waals surface area contributed by atoms with Crippen molar-refractivity contribution in [2.24, 2.45) is 7.05 Å². The summed E-state index contributed by atoms with van der Waals surface area (Å²) in [5, 5.41) is 6.55. The molecule has 154 valence electrons. The first-order valence-electron chi connectivity index (χ1n) is 9.56. The van der Waals surface area contributed by atoms with E-state index in [-0.39, 0.29) is 21.8 Å². The second-order valence-electron chi connectivity index (χ2n) is 9.06. The van der Waals surface area contributed by atoms with E-state index in [4.69, 9.17) is 11.6 Å². The first-order valence-corrected chi connectivity index (χ1v) is 11.4. The van der Waals surface area contributed by atoms with Gasteiger partial charge in [0, 0.05) is 24.9 Å². The van der Waals surface area contributed by atoms with Gasteiger partial charge in [0.15, 0.2) is 5.65 Å². The Balaban J connectivity index is 1.77. The molecular formula is C15H20B4ClFN6O2S. The maximum absolute atomic E-state index is 14.9. The van der Waals surface area contributed by atoms with E-state index in [9.17, 15) is 12.8 Å². The lowest BCUT2D eigenvalue weighted by molar-refractivity contribution is 0.206. The van der Waals surface area contributed by atoms with Crippen LogP contribution in [0.1, 0.15) is 24.3 Å². The second-order valence-corrected chi connectivity index (χ2v) is 11.2. The summed E-state index contributed by atoms with van der Waals surface area (Å²) in [4.78, 5) is 3.99. The number of pyridine rings is 1. The Labute approximate surface area is 182 Å². The van der Waals surface area contributed by atoms with Gasteiger partial charge in [-0.05, 0) is 29.4 Å². The summed E-state index contributed by atoms with van der Waals surface area (Å²) in [7, 11) is 5.08. The zero-order valence-corrected chi connectivity index (χ0v) is 19.0. The summed E-state index contributed by atoms with van der Waals surface area (Å²) in [5.74, 6) is -0.557. The van der Waals surface area contributed by atoms with Crippen LogP contribution < -0.4 is 0 Å². The van der Waals surface area contributed by atoms with Crippen molar-refractivity contribution in [1.82, 2.24) is 28.7 Å². The van der Waals surface area contributed by atoms with Crippen molar-refractivity contribution in [3.63, 3.8) is 0 Å². The number of rotatable bonds is 3. The fourth-order valence-electron chi connectivity index (χ4n) is 4.96. The summed E-state index contributed by atoms with van der Waals surface area (Å²) in [6.07, 6.45) is 5.17. The van der Waals surface area contributed by atoms with Gasteiger partial charge in [0.2, 0.25) is 10.0 Å². The van der Waals surface area contributed by atoms with Gasteiger partial charge in [0.25, 0.3) is 0 Å². The molecule has 0 amide bonds. The van der Waals surface area contributed by atoms with Crippen molar-refractivity contribution in [1.29, 1.82) is 0 Å². The largest absolute Gasteiger partial charge is 0.256 e. The van der Waals surface area contributed by atoms with Gasteiger partial charge >= 0.3 is 0 Å². The molecule has 1 aliphatic heterocycles. The van der Waals surface area contributed by atoms with Gasteiger partial charge in [-0.25, -0.2) is 26.6 Å². The number of hydrogen-bond donors (Lipinski definition) is 0. The lowest BCUT2D eigenvalue weighted by Crippen LogP contribution is -2.68. The first-order chi connectivity index (χ1) is 13.8. The lowest BCUT2D eigenvalue weighted by atomic mass is 9.46. The van der Waals surface area contributed by atoms with Crippen LogP contribution in [-0.4, -0.2) is 79.2 Å². The minimum atomic E-state index is -3.93. The lowest BCUT2D eigenvalue weighted by Gasteiger charge is -2.55. The average molecular weight is 446 g/mol. The van der Waals surface area contributed by atoms with E-state index in [1.54, 1.807) is 13.2 Å². The summed E-state index contributed by atoms with van der Waals surface area (Å²) in [6.45, 7) is 0. The van der Waals surface area contributed by atoms with Crippen LogP contribution in [0, 0.1) is 5.82 Å². The van der Waals surface area contributed by atoms with E-state index in [1.807, 2.05) is 31.4 Å². The van der Waals surface area contributed by atoms with Crippen molar-refractivity contribution in [3.8, 4) is 0 Å². The highest BCUT2D eigenvalue weighted by Gasteiger charge is 2.52. The molecule has 4 rings (SSSR count). The van der Waals surface area contributed by atoms with Crippen LogP contribution in [0.4, 0.5) is 4.39 Å². The molecule has 0 bridgehead atoms. The highest BCUT2D eigenvalue weighted by atomic mass is 35.5. The molecule has 1 saturated heterocycles. The van der Waals surface area contributed by atoms with Crippen molar-refractivity contribution >= 4 is 58.7 Å². The third kappa shape index (κ3) is 3.29.